The van der Waals surface area contributed by atoms with Crippen LogP contribution in [0.15, 0.2) is 35.2 Å². The Kier molecular flexibility index (Phi) is 3.07. The number of nitrogens with two attached hydrogens (primary N) is 1. The molecular weight excluding hydrogens is 273 g/mol. The molecule has 0 radical (unpaired) electrons. The summed E-state index contributed by atoms with van der Waals surface area (Å²) in [4.78, 5) is 3.97. The number of aryl methyl sites for hydroxylation is 1. The van der Waals surface area contributed by atoms with E-state index in [1.807, 2.05) is 7.05 Å². The van der Waals surface area contributed by atoms with Gasteiger partial charge in [0.2, 0.25) is 0 Å². The highest BCUT2D eigenvalue weighted by Gasteiger charge is 2.16. The van der Waals surface area contributed by atoms with Crippen molar-refractivity contribution in [1.29, 1.82) is 0 Å². The number of hydrogen-bond acceptors (Lipinski definition) is 2. The molecular formula is C11H11BrFN3. The third kappa shape index (κ3) is 2.01. The molecule has 2 rings (SSSR count). The lowest BCUT2D eigenvalue weighted by atomic mass is 10.0. The van der Waals surface area contributed by atoms with Gasteiger partial charge in [0, 0.05) is 17.1 Å². The number of rotatable bonds is 2. The van der Waals surface area contributed by atoms with Crippen molar-refractivity contribution in [2.24, 2.45) is 12.8 Å². The van der Waals surface area contributed by atoms with Crippen LogP contribution in [0, 0.1) is 5.82 Å². The number of halogens is 2. The number of imidazole rings is 1. The minimum Gasteiger partial charge on any atom is -0.336 e. The van der Waals surface area contributed by atoms with E-state index in [4.69, 9.17) is 5.73 Å². The molecule has 1 unspecified atom stereocenters. The van der Waals surface area contributed by atoms with Crippen LogP contribution < -0.4 is 5.73 Å². The van der Waals surface area contributed by atoms with Crippen molar-refractivity contribution >= 4 is 15.9 Å². The lowest BCUT2D eigenvalue weighted by molar-refractivity contribution is 0.592. The molecule has 0 spiro atoms. The molecule has 0 saturated heterocycles. The molecule has 0 bridgehead atoms. The van der Waals surface area contributed by atoms with E-state index in [2.05, 4.69) is 20.9 Å². The highest BCUT2D eigenvalue weighted by Crippen LogP contribution is 2.24. The Morgan fingerprint density at radius 1 is 1.50 bits per heavy atom. The Hall–Kier alpha value is -1.20. The van der Waals surface area contributed by atoms with Gasteiger partial charge in [0.05, 0.1) is 24.3 Å². The molecule has 1 aromatic heterocycles. The SMILES string of the molecule is Cn1cncc1C(N)c1cc(Br)ccc1F. The third-order valence-corrected chi connectivity index (χ3v) is 2.96. The highest BCUT2D eigenvalue weighted by atomic mass is 79.9. The van der Waals surface area contributed by atoms with Gasteiger partial charge in [-0.25, -0.2) is 9.37 Å². The first-order chi connectivity index (χ1) is 7.59. The molecule has 0 fully saturated rings. The molecule has 16 heavy (non-hydrogen) atoms. The summed E-state index contributed by atoms with van der Waals surface area (Å²) in [5, 5.41) is 0. The molecule has 0 amide bonds. The normalized spacial score (nSPS) is 12.8. The van der Waals surface area contributed by atoms with Crippen LogP contribution in [0.3, 0.4) is 0 Å². The zero-order chi connectivity index (χ0) is 11.7. The summed E-state index contributed by atoms with van der Waals surface area (Å²) in [6, 6.07) is 4.22. The van der Waals surface area contributed by atoms with Crippen LogP contribution in [0.25, 0.3) is 0 Å². The van der Waals surface area contributed by atoms with Gasteiger partial charge in [-0.3, -0.25) is 0 Å². The fraction of sp³-hybridized carbons (Fsp3) is 0.182. The summed E-state index contributed by atoms with van der Waals surface area (Å²) in [5.74, 6) is -0.308. The second kappa shape index (κ2) is 4.35. The van der Waals surface area contributed by atoms with Gasteiger partial charge >= 0.3 is 0 Å². The van der Waals surface area contributed by atoms with Gasteiger partial charge in [0.25, 0.3) is 0 Å². The van der Waals surface area contributed by atoms with E-state index in [1.165, 1.54) is 6.07 Å². The maximum absolute atomic E-state index is 13.6. The second-order valence-electron chi connectivity index (χ2n) is 3.57. The Morgan fingerprint density at radius 2 is 2.25 bits per heavy atom. The van der Waals surface area contributed by atoms with E-state index in [-0.39, 0.29) is 5.82 Å². The van der Waals surface area contributed by atoms with Crippen molar-refractivity contribution in [3.63, 3.8) is 0 Å². The third-order valence-electron chi connectivity index (χ3n) is 2.47. The van der Waals surface area contributed by atoms with Crippen molar-refractivity contribution in [1.82, 2.24) is 9.55 Å². The van der Waals surface area contributed by atoms with Crippen LogP contribution in [-0.2, 0) is 7.05 Å². The first kappa shape index (κ1) is 11.3. The number of benzene rings is 1. The summed E-state index contributed by atoms with van der Waals surface area (Å²) < 4.78 is 16.2. The maximum atomic E-state index is 13.6. The molecule has 3 nitrogen and oxygen atoms in total. The summed E-state index contributed by atoms with van der Waals surface area (Å²) >= 11 is 3.30. The van der Waals surface area contributed by atoms with Crippen molar-refractivity contribution < 1.29 is 4.39 Å². The van der Waals surface area contributed by atoms with Crippen molar-refractivity contribution in [2.75, 3.05) is 0 Å². The molecule has 84 valence electrons. The molecule has 2 aromatic rings. The average molecular weight is 284 g/mol. The van der Waals surface area contributed by atoms with Gasteiger partial charge in [0.15, 0.2) is 0 Å². The minimum atomic E-state index is -0.509. The monoisotopic (exact) mass is 283 g/mol. The van der Waals surface area contributed by atoms with Gasteiger partial charge in [-0.2, -0.15) is 0 Å². The summed E-state index contributed by atoms with van der Waals surface area (Å²) in [7, 11) is 1.83. The van der Waals surface area contributed by atoms with Crippen LogP contribution in [0.5, 0.6) is 0 Å². The van der Waals surface area contributed by atoms with Gasteiger partial charge < -0.3 is 10.3 Å². The molecule has 0 saturated carbocycles. The van der Waals surface area contributed by atoms with E-state index in [1.54, 1.807) is 29.2 Å². The van der Waals surface area contributed by atoms with Crippen LogP contribution in [-0.4, -0.2) is 9.55 Å². The predicted molar refractivity (Wildman–Crippen MR) is 63.3 cm³/mol. The Bertz CT molecular complexity index is 510. The Labute approximate surface area is 101 Å². The molecule has 1 heterocycles. The molecule has 1 atom stereocenters. The zero-order valence-electron chi connectivity index (χ0n) is 8.69. The van der Waals surface area contributed by atoms with E-state index in [0.717, 1.165) is 10.2 Å². The zero-order valence-corrected chi connectivity index (χ0v) is 10.3. The summed E-state index contributed by atoms with van der Waals surface area (Å²) in [5.41, 5.74) is 7.24. The van der Waals surface area contributed by atoms with Crippen molar-refractivity contribution in [3.8, 4) is 0 Å². The smallest absolute Gasteiger partial charge is 0.128 e. The minimum absolute atomic E-state index is 0.308. The average Bonchev–Trinajstić information content (AvgIpc) is 2.67. The Morgan fingerprint density at radius 3 is 2.88 bits per heavy atom. The topological polar surface area (TPSA) is 43.8 Å². The van der Waals surface area contributed by atoms with Gasteiger partial charge in [-0.15, -0.1) is 0 Å². The van der Waals surface area contributed by atoms with Crippen LogP contribution in [0.2, 0.25) is 0 Å². The molecule has 0 aliphatic rings. The highest BCUT2D eigenvalue weighted by molar-refractivity contribution is 9.10. The molecule has 2 N–H and O–H groups in total. The number of nitrogens with zero attached hydrogens (tertiary/aromatic N) is 2. The summed E-state index contributed by atoms with van der Waals surface area (Å²) in [6.45, 7) is 0. The molecule has 0 aliphatic carbocycles. The maximum Gasteiger partial charge on any atom is 0.128 e. The van der Waals surface area contributed by atoms with Crippen molar-refractivity contribution in [2.45, 2.75) is 6.04 Å². The summed E-state index contributed by atoms with van der Waals surface area (Å²) in [6.07, 6.45) is 3.29. The quantitative estimate of drug-likeness (QED) is 0.920. The lowest BCUT2D eigenvalue weighted by Crippen LogP contribution is -2.16. The number of hydrogen-bond donors (Lipinski definition) is 1. The second-order valence-corrected chi connectivity index (χ2v) is 4.49. The first-order valence-corrected chi connectivity index (χ1v) is 5.55. The molecule has 1 aromatic carbocycles. The fourth-order valence-corrected chi connectivity index (χ4v) is 1.96. The molecule has 0 aliphatic heterocycles. The Balaban J connectivity index is 2.45. The van der Waals surface area contributed by atoms with E-state index in [0.29, 0.717) is 5.56 Å². The van der Waals surface area contributed by atoms with Gasteiger partial charge in [0.1, 0.15) is 5.82 Å². The van der Waals surface area contributed by atoms with E-state index >= 15 is 0 Å². The van der Waals surface area contributed by atoms with Crippen molar-refractivity contribution in [3.05, 3.63) is 52.3 Å². The number of aromatic nitrogens is 2. The largest absolute Gasteiger partial charge is 0.336 e. The van der Waals surface area contributed by atoms with Crippen LogP contribution in [0.4, 0.5) is 4.39 Å². The lowest BCUT2D eigenvalue weighted by Gasteiger charge is -2.13. The predicted octanol–water partition coefficient (Wildman–Crippen LogP) is 2.37. The first-order valence-electron chi connectivity index (χ1n) is 4.76. The fourth-order valence-electron chi connectivity index (χ4n) is 1.58. The van der Waals surface area contributed by atoms with Crippen LogP contribution >= 0.6 is 15.9 Å². The van der Waals surface area contributed by atoms with E-state index in [9.17, 15) is 4.39 Å². The van der Waals surface area contributed by atoms with Gasteiger partial charge in [-0.1, -0.05) is 15.9 Å². The van der Waals surface area contributed by atoms with E-state index < -0.39 is 6.04 Å². The standard InChI is InChI=1S/C11H11BrFN3/c1-16-6-15-5-10(16)11(14)8-4-7(12)2-3-9(8)13/h2-6,11H,14H2,1H3. The molecule has 5 heteroatoms. The van der Waals surface area contributed by atoms with Gasteiger partial charge in [-0.05, 0) is 18.2 Å². The van der Waals surface area contributed by atoms with Crippen LogP contribution in [0.1, 0.15) is 17.3 Å².